The van der Waals surface area contributed by atoms with Gasteiger partial charge in [-0.05, 0) is 37.8 Å². The number of likely N-dealkylation sites (tertiary alicyclic amines) is 1. The van der Waals surface area contributed by atoms with Gasteiger partial charge in [0.1, 0.15) is 11.8 Å². The van der Waals surface area contributed by atoms with Gasteiger partial charge >= 0.3 is 5.97 Å². The summed E-state index contributed by atoms with van der Waals surface area (Å²) in [6.07, 6.45) is 5.17. The van der Waals surface area contributed by atoms with Gasteiger partial charge in [-0.25, -0.2) is 4.79 Å². The highest BCUT2D eigenvalue weighted by Crippen LogP contribution is 2.26. The maximum absolute atomic E-state index is 12.3. The minimum atomic E-state index is -0.317. The molecule has 0 bridgehead atoms. The maximum atomic E-state index is 12.3. The minimum Gasteiger partial charge on any atom is -0.464 e. The van der Waals surface area contributed by atoms with Crippen molar-refractivity contribution in [3.8, 4) is 0 Å². The first-order chi connectivity index (χ1) is 10.7. The number of hydrogen-bond acceptors (Lipinski definition) is 4. The number of esters is 1. The number of methoxy groups -OCH3 is 1. The molecule has 0 saturated carbocycles. The Labute approximate surface area is 130 Å². The zero-order chi connectivity index (χ0) is 15.5. The van der Waals surface area contributed by atoms with Crippen LogP contribution in [0.25, 0.3) is 0 Å². The van der Waals surface area contributed by atoms with E-state index in [9.17, 15) is 9.59 Å². The summed E-state index contributed by atoms with van der Waals surface area (Å²) in [5.74, 6) is -0.195. The summed E-state index contributed by atoms with van der Waals surface area (Å²) in [6.45, 7) is 2.11. The molecular formula is C16H22N2O4. The number of nitrogens with zero attached hydrogens (tertiary/aromatic N) is 2. The van der Waals surface area contributed by atoms with E-state index in [1.54, 1.807) is 6.07 Å². The van der Waals surface area contributed by atoms with Gasteiger partial charge in [0.15, 0.2) is 0 Å². The van der Waals surface area contributed by atoms with Gasteiger partial charge in [-0.2, -0.15) is 0 Å². The van der Waals surface area contributed by atoms with E-state index in [1.165, 1.54) is 7.11 Å². The van der Waals surface area contributed by atoms with Gasteiger partial charge in [0.2, 0.25) is 0 Å². The molecule has 120 valence electrons. The van der Waals surface area contributed by atoms with Crippen LogP contribution in [-0.2, 0) is 14.3 Å². The first-order valence-electron chi connectivity index (χ1n) is 7.86. The Hall–Kier alpha value is -1.82. The molecule has 1 atom stereocenters. The van der Waals surface area contributed by atoms with E-state index in [0.717, 1.165) is 25.7 Å². The van der Waals surface area contributed by atoms with Crippen LogP contribution in [0, 0.1) is 0 Å². The van der Waals surface area contributed by atoms with Crippen molar-refractivity contribution < 1.29 is 19.1 Å². The molecule has 2 aliphatic heterocycles. The van der Waals surface area contributed by atoms with Gasteiger partial charge in [0.05, 0.1) is 7.11 Å². The molecule has 1 aromatic rings. The van der Waals surface area contributed by atoms with Gasteiger partial charge in [-0.15, -0.1) is 0 Å². The first-order valence-corrected chi connectivity index (χ1v) is 7.86. The monoisotopic (exact) mass is 306 g/mol. The minimum absolute atomic E-state index is 0.122. The zero-order valence-corrected chi connectivity index (χ0v) is 12.9. The lowest BCUT2D eigenvalue weighted by Crippen LogP contribution is -2.44. The van der Waals surface area contributed by atoms with Gasteiger partial charge < -0.3 is 18.9 Å². The molecule has 0 aromatic carbocycles. The van der Waals surface area contributed by atoms with Gasteiger partial charge in [-0.3, -0.25) is 4.79 Å². The van der Waals surface area contributed by atoms with Crippen molar-refractivity contribution in [2.24, 2.45) is 0 Å². The third kappa shape index (κ3) is 2.88. The topological polar surface area (TPSA) is 60.8 Å². The van der Waals surface area contributed by atoms with Crippen LogP contribution >= 0.6 is 0 Å². The third-order valence-electron chi connectivity index (χ3n) is 4.55. The average Bonchev–Trinajstić information content (AvgIpc) is 3.25. The molecule has 2 fully saturated rings. The van der Waals surface area contributed by atoms with Crippen LogP contribution in [0.2, 0.25) is 0 Å². The van der Waals surface area contributed by atoms with Crippen molar-refractivity contribution in [2.75, 3.05) is 26.8 Å². The molecule has 0 N–H and O–H groups in total. The average molecular weight is 306 g/mol. The quantitative estimate of drug-likeness (QED) is 0.796. The number of carbonyl (C=O) groups excluding carboxylic acids is 2. The number of carbonyl (C=O) groups is 2. The SMILES string of the molecule is COC(=O)c1cccn1C1CCN(C(=O)C2CCCO2)CC1. The van der Waals surface area contributed by atoms with Crippen LogP contribution in [0.1, 0.15) is 42.2 Å². The molecule has 0 radical (unpaired) electrons. The molecule has 2 aliphatic rings. The number of ether oxygens (including phenoxy) is 2. The molecule has 1 unspecified atom stereocenters. The fourth-order valence-corrected chi connectivity index (χ4v) is 3.33. The summed E-state index contributed by atoms with van der Waals surface area (Å²) in [5.41, 5.74) is 0.575. The first kappa shape index (κ1) is 15.1. The Kier molecular flexibility index (Phi) is 4.47. The standard InChI is InChI=1S/C16H22N2O4/c1-21-16(20)13-4-2-8-18(13)12-6-9-17(10-7-12)15(19)14-5-3-11-22-14/h2,4,8,12,14H,3,5-7,9-11H2,1H3. The highest BCUT2D eigenvalue weighted by molar-refractivity contribution is 5.87. The summed E-state index contributed by atoms with van der Waals surface area (Å²) >= 11 is 0. The van der Waals surface area contributed by atoms with Crippen LogP contribution in [0.4, 0.5) is 0 Å². The van der Waals surface area contributed by atoms with Gasteiger partial charge in [0, 0.05) is 31.9 Å². The Morgan fingerprint density at radius 2 is 2.05 bits per heavy atom. The summed E-state index contributed by atoms with van der Waals surface area (Å²) in [5, 5.41) is 0. The second kappa shape index (κ2) is 6.52. The fraction of sp³-hybridized carbons (Fsp3) is 0.625. The Bertz CT molecular complexity index is 540. The van der Waals surface area contributed by atoms with Crippen LogP contribution < -0.4 is 0 Å². The van der Waals surface area contributed by atoms with Gasteiger partial charge in [-0.1, -0.05) is 0 Å². The molecule has 1 aromatic heterocycles. The molecule has 0 aliphatic carbocycles. The largest absolute Gasteiger partial charge is 0.464 e. The molecule has 3 heterocycles. The van der Waals surface area contributed by atoms with E-state index in [0.29, 0.717) is 25.4 Å². The second-order valence-corrected chi connectivity index (χ2v) is 5.85. The lowest BCUT2D eigenvalue weighted by Gasteiger charge is -2.34. The Morgan fingerprint density at radius 3 is 2.68 bits per heavy atom. The van der Waals surface area contributed by atoms with E-state index in [2.05, 4.69) is 0 Å². The molecule has 1 amide bonds. The highest BCUT2D eigenvalue weighted by Gasteiger charge is 2.31. The third-order valence-corrected chi connectivity index (χ3v) is 4.55. The van der Waals surface area contributed by atoms with Crippen molar-refractivity contribution >= 4 is 11.9 Å². The number of aromatic nitrogens is 1. The van der Waals surface area contributed by atoms with Crippen LogP contribution in [0.15, 0.2) is 18.3 Å². The van der Waals surface area contributed by atoms with Crippen LogP contribution in [-0.4, -0.2) is 54.3 Å². The van der Waals surface area contributed by atoms with Crippen molar-refractivity contribution in [1.82, 2.24) is 9.47 Å². The number of amides is 1. The van der Waals surface area contributed by atoms with Gasteiger partial charge in [0.25, 0.3) is 5.91 Å². The summed E-state index contributed by atoms with van der Waals surface area (Å²) < 4.78 is 12.3. The summed E-state index contributed by atoms with van der Waals surface area (Å²) in [6, 6.07) is 3.86. The normalized spacial score (nSPS) is 22.8. The smallest absolute Gasteiger partial charge is 0.354 e. The van der Waals surface area contributed by atoms with Crippen LogP contribution in [0.5, 0.6) is 0 Å². The predicted octanol–water partition coefficient (Wildman–Crippen LogP) is 1.62. The van der Waals surface area contributed by atoms with E-state index in [1.807, 2.05) is 21.7 Å². The predicted molar refractivity (Wildman–Crippen MR) is 79.6 cm³/mol. The second-order valence-electron chi connectivity index (χ2n) is 5.85. The van der Waals surface area contributed by atoms with E-state index < -0.39 is 0 Å². The Balaban J connectivity index is 1.61. The maximum Gasteiger partial charge on any atom is 0.354 e. The van der Waals surface area contributed by atoms with Crippen molar-refractivity contribution in [1.29, 1.82) is 0 Å². The number of piperidine rings is 1. The molecule has 6 nitrogen and oxygen atoms in total. The van der Waals surface area contributed by atoms with E-state index in [-0.39, 0.29) is 24.0 Å². The molecule has 2 saturated heterocycles. The van der Waals surface area contributed by atoms with Crippen molar-refractivity contribution in [3.05, 3.63) is 24.0 Å². The molecule has 6 heteroatoms. The molecule has 0 spiro atoms. The summed E-state index contributed by atoms with van der Waals surface area (Å²) in [4.78, 5) is 26.0. The molecule has 3 rings (SSSR count). The molecule has 22 heavy (non-hydrogen) atoms. The Morgan fingerprint density at radius 1 is 1.27 bits per heavy atom. The lowest BCUT2D eigenvalue weighted by molar-refractivity contribution is -0.142. The highest BCUT2D eigenvalue weighted by atomic mass is 16.5. The van der Waals surface area contributed by atoms with E-state index in [4.69, 9.17) is 9.47 Å². The van der Waals surface area contributed by atoms with E-state index >= 15 is 0 Å². The fourth-order valence-electron chi connectivity index (χ4n) is 3.33. The molecular weight excluding hydrogens is 284 g/mol. The number of hydrogen-bond donors (Lipinski definition) is 0. The summed E-state index contributed by atoms with van der Waals surface area (Å²) in [7, 11) is 1.39. The van der Waals surface area contributed by atoms with Crippen LogP contribution in [0.3, 0.4) is 0 Å². The van der Waals surface area contributed by atoms with Crippen molar-refractivity contribution in [2.45, 2.75) is 37.8 Å². The lowest BCUT2D eigenvalue weighted by atomic mass is 10.0. The van der Waals surface area contributed by atoms with Crippen molar-refractivity contribution in [3.63, 3.8) is 0 Å². The zero-order valence-electron chi connectivity index (χ0n) is 12.9. The number of rotatable bonds is 3.